The van der Waals surface area contributed by atoms with Crippen molar-refractivity contribution in [1.82, 2.24) is 10.2 Å². The molecule has 146 valence electrons. The number of aryl methyl sites for hydroxylation is 1. The van der Waals surface area contributed by atoms with E-state index in [-0.39, 0.29) is 15.9 Å². The highest BCUT2D eigenvalue weighted by Gasteiger charge is 2.23. The summed E-state index contributed by atoms with van der Waals surface area (Å²) in [6, 6.07) is 9.28. The van der Waals surface area contributed by atoms with Crippen LogP contribution in [0.25, 0.3) is 0 Å². The lowest BCUT2D eigenvalue weighted by Crippen LogP contribution is -2.21. The Balaban J connectivity index is 1.64. The Morgan fingerprint density at radius 2 is 1.75 bits per heavy atom. The van der Waals surface area contributed by atoms with E-state index in [0.29, 0.717) is 10.7 Å². The van der Waals surface area contributed by atoms with Crippen molar-refractivity contribution >= 4 is 57.3 Å². The van der Waals surface area contributed by atoms with Crippen LogP contribution in [0.1, 0.15) is 5.56 Å². The Hall–Kier alpha value is -2.66. The number of hydrogen-bond donors (Lipinski definition) is 3. The molecule has 0 bridgehead atoms. The quantitative estimate of drug-likeness (QED) is 0.504. The Kier molecular flexibility index (Phi) is 5.84. The molecule has 0 saturated carbocycles. The smallest absolute Gasteiger partial charge is 0.359 e. The van der Waals surface area contributed by atoms with E-state index < -0.39 is 22.4 Å². The van der Waals surface area contributed by atoms with Gasteiger partial charge in [0.1, 0.15) is 0 Å². The van der Waals surface area contributed by atoms with Gasteiger partial charge in [-0.2, -0.15) is 0 Å². The Morgan fingerprint density at radius 1 is 1.07 bits per heavy atom. The molecule has 28 heavy (non-hydrogen) atoms. The molecule has 1 unspecified atom stereocenters. The second-order valence-corrected chi connectivity index (χ2v) is 8.06. The molecule has 1 atom stereocenters. The van der Waals surface area contributed by atoms with Gasteiger partial charge < -0.3 is 14.3 Å². The molecule has 3 rings (SSSR count). The van der Waals surface area contributed by atoms with Crippen molar-refractivity contribution in [3.05, 3.63) is 58.1 Å². The van der Waals surface area contributed by atoms with Gasteiger partial charge in [0.2, 0.25) is 0 Å². The van der Waals surface area contributed by atoms with Crippen LogP contribution in [-0.4, -0.2) is 20.8 Å². The van der Waals surface area contributed by atoms with E-state index in [1.165, 1.54) is 24.3 Å². The van der Waals surface area contributed by atoms with Crippen LogP contribution < -0.4 is 15.4 Å². The summed E-state index contributed by atoms with van der Waals surface area (Å²) in [6.07, 6.45) is 0. The van der Waals surface area contributed by atoms with E-state index in [4.69, 9.17) is 27.6 Å². The second-order valence-electron chi connectivity index (χ2n) is 5.53. The number of hydrogen-bond acceptors (Lipinski definition) is 6. The zero-order chi connectivity index (χ0) is 20.3. The third-order valence-electron chi connectivity index (χ3n) is 3.38. The van der Waals surface area contributed by atoms with Crippen LogP contribution in [0.5, 0.6) is 0 Å². The molecule has 3 N–H and O–H groups in total. The summed E-state index contributed by atoms with van der Waals surface area (Å²) in [5.74, 6) is 0. The van der Waals surface area contributed by atoms with Crippen molar-refractivity contribution in [2.75, 3.05) is 15.4 Å². The van der Waals surface area contributed by atoms with E-state index in [1.54, 1.807) is 18.2 Å². The van der Waals surface area contributed by atoms with Gasteiger partial charge in [-0.15, -0.1) is 4.72 Å². The maximum atomic E-state index is 12.3. The average Bonchev–Trinajstić information content (AvgIpc) is 3.04. The van der Waals surface area contributed by atoms with E-state index in [0.717, 1.165) is 5.56 Å². The number of halogens is 2. The molecule has 2 amide bonds. The Morgan fingerprint density at radius 3 is 2.43 bits per heavy atom. The second kappa shape index (κ2) is 8.15. The topological polar surface area (TPSA) is 132 Å². The monoisotopic (exact) mass is 441 g/mol. The first-order valence-corrected chi connectivity index (χ1v) is 9.93. The van der Waals surface area contributed by atoms with E-state index in [1.807, 2.05) is 6.92 Å². The molecule has 0 spiro atoms. The number of carbonyl (C=O) groups excluding carboxylic acids is 1. The van der Waals surface area contributed by atoms with Gasteiger partial charge in [-0.05, 0) is 37.3 Å². The van der Waals surface area contributed by atoms with Gasteiger partial charge in [0.25, 0.3) is 0 Å². The van der Waals surface area contributed by atoms with Crippen molar-refractivity contribution in [2.24, 2.45) is 0 Å². The molecule has 12 heteroatoms. The molecule has 0 aliphatic heterocycles. The maximum Gasteiger partial charge on any atom is 0.359 e. The van der Waals surface area contributed by atoms with E-state index in [9.17, 15) is 13.6 Å². The lowest BCUT2D eigenvalue weighted by molar-refractivity contribution is 0.261. The van der Waals surface area contributed by atoms with Crippen molar-refractivity contribution in [2.45, 2.75) is 11.8 Å². The molecule has 0 radical (unpaired) electrons. The summed E-state index contributed by atoms with van der Waals surface area (Å²) in [5.41, 5.74) is 1.22. The highest BCUT2D eigenvalue weighted by atomic mass is 35.5. The minimum Gasteiger partial charge on any atom is -0.588 e. The molecule has 1 heterocycles. The number of nitrogens with zero attached hydrogens (tertiary/aromatic N) is 2. The highest BCUT2D eigenvalue weighted by molar-refractivity contribution is 7.98. The molecular weight excluding hydrogens is 429 g/mol. The van der Waals surface area contributed by atoms with Gasteiger partial charge in [-0.3, -0.25) is 5.32 Å². The Bertz CT molecular complexity index is 1060. The number of urea groups is 1. The molecule has 0 aliphatic rings. The first kappa shape index (κ1) is 20.1. The van der Waals surface area contributed by atoms with Crippen molar-refractivity contribution < 1.29 is 18.0 Å². The fourth-order valence-electron chi connectivity index (χ4n) is 2.05. The lowest BCUT2D eigenvalue weighted by Gasteiger charge is -2.12. The molecule has 2 aromatic carbocycles. The molecule has 0 aliphatic carbocycles. The van der Waals surface area contributed by atoms with Crippen LogP contribution in [0, 0.1) is 6.92 Å². The standard InChI is InChI=1S/C16H13Cl2N5O4S/c1-9-2-5-11(6-3-9)28(25,26)23-16-22-21-15(27-16)20-14(24)19-13-7-4-10(17)8-12(13)18/h2-8H,1H3,(H3-,19,20,21,22,23,24,25,26). The summed E-state index contributed by atoms with van der Waals surface area (Å²) >= 11 is 11.8. The predicted octanol–water partition coefficient (Wildman–Crippen LogP) is 4.34. The number of amides is 2. The number of aromatic nitrogens is 2. The zero-order valence-corrected chi connectivity index (χ0v) is 16.6. The van der Waals surface area contributed by atoms with E-state index in [2.05, 4.69) is 25.6 Å². The van der Waals surface area contributed by atoms with Gasteiger partial charge in [-0.25, -0.2) is 4.79 Å². The molecule has 0 fully saturated rings. The number of anilines is 3. The zero-order valence-electron chi connectivity index (χ0n) is 14.2. The van der Waals surface area contributed by atoms with Crippen LogP contribution in [0.3, 0.4) is 0 Å². The fourth-order valence-corrected chi connectivity index (χ4v) is 3.43. The van der Waals surface area contributed by atoms with Crippen LogP contribution >= 0.6 is 23.2 Å². The summed E-state index contributed by atoms with van der Waals surface area (Å²) in [4.78, 5) is 12.0. The number of carbonyl (C=O) groups is 1. The van der Waals surface area contributed by atoms with Crippen LogP contribution in [0.2, 0.25) is 10.0 Å². The Labute approximate surface area is 170 Å². The predicted molar refractivity (Wildman–Crippen MR) is 105 cm³/mol. The molecule has 1 aromatic heterocycles. The molecule has 3 aromatic rings. The molecular formula is C16H13Cl2N5O4S. The van der Waals surface area contributed by atoms with E-state index >= 15 is 0 Å². The van der Waals surface area contributed by atoms with Crippen LogP contribution in [-0.2, 0) is 14.6 Å². The fraction of sp³-hybridized carbons (Fsp3) is 0.0625. The third-order valence-corrected chi connectivity index (χ3v) is 5.26. The molecule has 0 saturated heterocycles. The summed E-state index contributed by atoms with van der Waals surface area (Å²) < 4.78 is 31.8. The highest BCUT2D eigenvalue weighted by Crippen LogP contribution is 2.26. The van der Waals surface area contributed by atoms with Crippen molar-refractivity contribution in [3.8, 4) is 0 Å². The van der Waals surface area contributed by atoms with Gasteiger partial charge in [0.15, 0.2) is 15.3 Å². The normalized spacial score (nSPS) is 12.9. The van der Waals surface area contributed by atoms with Gasteiger partial charge >= 0.3 is 18.1 Å². The van der Waals surface area contributed by atoms with Crippen molar-refractivity contribution in [3.63, 3.8) is 0 Å². The van der Waals surface area contributed by atoms with Crippen molar-refractivity contribution in [1.29, 1.82) is 0 Å². The molecule has 9 nitrogen and oxygen atoms in total. The minimum absolute atomic E-state index is 0.0286. The maximum absolute atomic E-state index is 12.3. The SMILES string of the molecule is Cc1ccc([S+](=O)([O-])Nc2nnc(NC(=O)Nc3ccc(Cl)cc3Cl)o2)cc1. The van der Waals surface area contributed by atoms with Crippen LogP contribution in [0.15, 0.2) is 51.8 Å². The minimum atomic E-state index is -3.91. The van der Waals surface area contributed by atoms with Gasteiger partial charge in [0, 0.05) is 5.02 Å². The summed E-state index contributed by atoms with van der Waals surface area (Å²) in [5, 5.41) is 12.5. The average molecular weight is 442 g/mol. The number of benzene rings is 2. The summed E-state index contributed by atoms with van der Waals surface area (Å²) in [7, 11) is -3.91. The first-order valence-electron chi connectivity index (χ1n) is 7.69. The van der Waals surface area contributed by atoms with Crippen LogP contribution in [0.4, 0.5) is 22.5 Å². The van der Waals surface area contributed by atoms with Gasteiger partial charge in [-0.1, -0.05) is 55.3 Å². The van der Waals surface area contributed by atoms with Gasteiger partial charge in [0.05, 0.1) is 10.7 Å². The first-order chi connectivity index (χ1) is 13.2. The lowest BCUT2D eigenvalue weighted by atomic mass is 10.2. The largest absolute Gasteiger partial charge is 0.588 e. The third kappa shape index (κ3) is 4.98. The summed E-state index contributed by atoms with van der Waals surface area (Å²) in [6.45, 7) is 1.84. The number of nitrogens with one attached hydrogen (secondary N) is 3. The number of sulfonamides is 1. The number of rotatable bonds is 5.